The van der Waals surface area contributed by atoms with Crippen LogP contribution >= 0.6 is 0 Å². The Morgan fingerprint density at radius 2 is 2.15 bits per heavy atom. The molecule has 1 aromatic heterocycles. The Kier molecular flexibility index (Phi) is 1.42. The summed E-state index contributed by atoms with van der Waals surface area (Å²) in [6.07, 6.45) is 0. The number of aromatic amines is 1. The zero-order chi connectivity index (χ0) is 9.42. The number of benzene rings is 1. The number of H-pyrrole nitrogens is 1. The van der Waals surface area contributed by atoms with Crippen molar-refractivity contribution in [1.82, 2.24) is 10.1 Å². The summed E-state index contributed by atoms with van der Waals surface area (Å²) in [7, 11) is 0. The molecule has 2 rings (SSSR count). The molecule has 0 amide bonds. The number of hydrogen-bond acceptors (Lipinski definition) is 4. The second-order valence-electron chi connectivity index (χ2n) is 2.65. The predicted molar refractivity (Wildman–Crippen MR) is 48.3 cm³/mol. The van der Waals surface area contributed by atoms with E-state index in [1.54, 1.807) is 12.1 Å². The molecule has 0 spiro atoms. The van der Waals surface area contributed by atoms with E-state index in [1.165, 1.54) is 6.07 Å². The van der Waals surface area contributed by atoms with E-state index in [0.717, 1.165) is 0 Å². The molecule has 0 aliphatic rings. The molecule has 66 valence electrons. The molecule has 6 nitrogen and oxygen atoms in total. The van der Waals surface area contributed by atoms with Crippen molar-refractivity contribution in [2.45, 2.75) is 0 Å². The summed E-state index contributed by atoms with van der Waals surface area (Å²) in [6, 6.07) is 4.84. The lowest BCUT2D eigenvalue weighted by Gasteiger charge is -1.92. The van der Waals surface area contributed by atoms with Gasteiger partial charge in [0.25, 0.3) is 5.95 Å². The average molecular weight is 178 g/mol. The average Bonchev–Trinajstić information content (AvgIpc) is 2.06. The maximum absolute atomic E-state index is 11.2. The fourth-order valence-corrected chi connectivity index (χ4v) is 1.12. The first-order chi connectivity index (χ1) is 6.16. The van der Waals surface area contributed by atoms with E-state index in [0.29, 0.717) is 21.3 Å². The van der Waals surface area contributed by atoms with Gasteiger partial charge in [0.15, 0.2) is 4.54 Å². The minimum atomic E-state index is 0.0762. The molecular weight excluding hydrogens is 170 g/mol. The second-order valence-corrected chi connectivity index (χ2v) is 2.65. The van der Waals surface area contributed by atoms with Gasteiger partial charge in [0.05, 0.1) is 4.91 Å². The van der Waals surface area contributed by atoms with Crippen LogP contribution < -0.4 is 16.0 Å². The van der Waals surface area contributed by atoms with Crippen LogP contribution in [0.3, 0.4) is 0 Å². The summed E-state index contributed by atoms with van der Waals surface area (Å²) in [4.78, 5) is 15.2. The maximum atomic E-state index is 11.2. The van der Waals surface area contributed by atoms with Crippen molar-refractivity contribution in [2.75, 3.05) is 11.5 Å². The van der Waals surface area contributed by atoms with Gasteiger partial charge in [-0.05, 0) is 12.1 Å². The molecule has 1 heterocycles. The number of rotatable bonds is 0. The molecule has 0 aliphatic heterocycles. The Hall–Kier alpha value is -2.11. The van der Waals surface area contributed by atoms with Crippen LogP contribution in [0.2, 0.25) is 0 Å². The quantitative estimate of drug-likeness (QED) is 0.378. The lowest BCUT2D eigenvalue weighted by atomic mass is 10.3. The van der Waals surface area contributed by atoms with E-state index in [9.17, 15) is 4.91 Å². The lowest BCUT2D eigenvalue weighted by molar-refractivity contribution is -0.534. The highest BCUT2D eigenvalue weighted by atomic mass is 16.3. The van der Waals surface area contributed by atoms with Crippen molar-refractivity contribution in [3.05, 3.63) is 23.1 Å². The van der Waals surface area contributed by atoms with Crippen molar-refractivity contribution in [3.8, 4) is 0 Å². The predicted octanol–water partition coefficient (Wildman–Crippen LogP) is -0.358. The summed E-state index contributed by atoms with van der Waals surface area (Å²) >= 11 is 0. The first-order valence-corrected chi connectivity index (χ1v) is 3.64. The van der Waals surface area contributed by atoms with Gasteiger partial charge in [-0.25, -0.2) is 4.98 Å². The number of anilines is 2. The summed E-state index contributed by atoms with van der Waals surface area (Å²) in [5.74, 6) is 0.0762. The van der Waals surface area contributed by atoms with Crippen LogP contribution in [0.5, 0.6) is 0 Å². The van der Waals surface area contributed by atoms with Crippen molar-refractivity contribution < 1.29 is 4.54 Å². The van der Waals surface area contributed by atoms with Crippen LogP contribution in [0.25, 0.3) is 11.0 Å². The molecule has 6 heteroatoms. The molecule has 0 aliphatic carbocycles. The highest BCUT2D eigenvalue weighted by Crippen LogP contribution is 2.10. The van der Waals surface area contributed by atoms with E-state index >= 15 is 0 Å². The molecule has 0 fully saturated rings. The Morgan fingerprint density at radius 3 is 2.92 bits per heavy atom. The van der Waals surface area contributed by atoms with E-state index < -0.39 is 0 Å². The van der Waals surface area contributed by atoms with Gasteiger partial charge in [0.1, 0.15) is 5.52 Å². The van der Waals surface area contributed by atoms with Gasteiger partial charge < -0.3 is 11.5 Å². The first-order valence-electron chi connectivity index (χ1n) is 3.64. The van der Waals surface area contributed by atoms with Gasteiger partial charge in [0.2, 0.25) is 0 Å². The molecule has 0 radical (unpaired) electrons. The van der Waals surface area contributed by atoms with Gasteiger partial charge in [-0.15, -0.1) is 0 Å². The Bertz CT molecular complexity index is 518. The molecule has 0 bridgehead atoms. The molecule has 0 saturated heterocycles. The van der Waals surface area contributed by atoms with E-state index in [-0.39, 0.29) is 5.95 Å². The van der Waals surface area contributed by atoms with Crippen LogP contribution in [-0.4, -0.2) is 10.1 Å². The third kappa shape index (κ3) is 1.18. The van der Waals surface area contributed by atoms with Gasteiger partial charge >= 0.3 is 5.52 Å². The van der Waals surface area contributed by atoms with Gasteiger partial charge in [-0.2, -0.15) is 0 Å². The monoisotopic (exact) mass is 178 g/mol. The SMILES string of the molecule is Nc1ccc2nc(N)[nH][n+](=O)c2c1. The Balaban J connectivity index is 2.95. The third-order valence-electron chi connectivity index (χ3n) is 1.68. The van der Waals surface area contributed by atoms with Crippen molar-refractivity contribution in [1.29, 1.82) is 0 Å². The van der Waals surface area contributed by atoms with E-state index in [1.807, 2.05) is 0 Å². The maximum Gasteiger partial charge on any atom is 0.320 e. The largest absolute Gasteiger partial charge is 0.399 e. The van der Waals surface area contributed by atoms with E-state index in [2.05, 4.69) is 10.1 Å². The topological polar surface area (TPSA) is 104 Å². The number of nitrogens with two attached hydrogens (primary N) is 2. The molecule has 13 heavy (non-hydrogen) atoms. The number of fused-ring (bicyclic) bond motifs is 1. The van der Waals surface area contributed by atoms with Crippen molar-refractivity contribution in [3.63, 3.8) is 0 Å². The van der Waals surface area contributed by atoms with Crippen LogP contribution in [0.4, 0.5) is 11.6 Å². The van der Waals surface area contributed by atoms with Crippen LogP contribution in [0.15, 0.2) is 18.2 Å². The summed E-state index contributed by atoms with van der Waals surface area (Å²) in [6.45, 7) is 0. The number of nitrogens with zero attached hydrogens (tertiary/aromatic N) is 2. The molecule has 0 atom stereocenters. The normalized spacial score (nSPS) is 10.5. The smallest absolute Gasteiger partial charge is 0.320 e. The second kappa shape index (κ2) is 2.44. The molecule has 5 N–H and O–H groups in total. The molecule has 0 unspecified atom stereocenters. The number of hydrogen-bond donors (Lipinski definition) is 3. The van der Waals surface area contributed by atoms with E-state index in [4.69, 9.17) is 11.5 Å². The number of nitrogen functional groups attached to an aromatic ring is 2. The first kappa shape index (κ1) is 7.53. The highest BCUT2D eigenvalue weighted by Gasteiger charge is 2.09. The zero-order valence-corrected chi connectivity index (χ0v) is 6.69. The summed E-state index contributed by atoms with van der Waals surface area (Å²) in [5.41, 5.74) is 12.2. The van der Waals surface area contributed by atoms with Gasteiger partial charge in [-0.1, -0.05) is 5.10 Å². The Labute approximate surface area is 72.8 Å². The Morgan fingerprint density at radius 1 is 1.38 bits per heavy atom. The minimum absolute atomic E-state index is 0.0762. The molecule has 2 aromatic rings. The van der Waals surface area contributed by atoms with Gasteiger partial charge in [0, 0.05) is 11.8 Å². The van der Waals surface area contributed by atoms with Crippen LogP contribution in [0, 0.1) is 4.91 Å². The van der Waals surface area contributed by atoms with Crippen molar-refractivity contribution in [2.24, 2.45) is 0 Å². The third-order valence-corrected chi connectivity index (χ3v) is 1.68. The zero-order valence-electron chi connectivity index (χ0n) is 6.69. The fourth-order valence-electron chi connectivity index (χ4n) is 1.12. The lowest BCUT2D eigenvalue weighted by Crippen LogP contribution is -2.23. The van der Waals surface area contributed by atoms with Crippen LogP contribution in [-0.2, 0) is 0 Å². The highest BCUT2D eigenvalue weighted by molar-refractivity contribution is 5.75. The molecule has 0 saturated carbocycles. The van der Waals surface area contributed by atoms with Crippen LogP contribution in [0.1, 0.15) is 0 Å². The van der Waals surface area contributed by atoms with Crippen molar-refractivity contribution >= 4 is 22.7 Å². The standard InChI is InChI=1S/C7H8N5O/c8-4-1-2-5-6(3-4)12(13)11-7(9)10-5/h1-3H,8H2,(H3,9,10,11,13)/q+1. The summed E-state index contributed by atoms with van der Waals surface area (Å²) in [5, 5.41) is 2.31. The molecular formula is C7H8N5O+. The number of nitrogens with one attached hydrogen (secondary N) is 1. The number of aromatic nitrogens is 3. The minimum Gasteiger partial charge on any atom is -0.399 e. The molecule has 1 aromatic carbocycles. The summed E-state index contributed by atoms with van der Waals surface area (Å²) < 4.78 is 0.536. The van der Waals surface area contributed by atoms with Gasteiger partial charge in [-0.3, -0.25) is 0 Å². The fraction of sp³-hybridized carbons (Fsp3) is 0.